The number of likely N-dealkylation sites (tertiary alicyclic amines) is 1. The molecule has 0 spiro atoms. The van der Waals surface area contributed by atoms with Crippen molar-refractivity contribution < 1.29 is 16.8 Å². The first-order chi connectivity index (χ1) is 15.3. The van der Waals surface area contributed by atoms with Crippen LogP contribution in [-0.2, 0) is 6.42 Å². The highest BCUT2D eigenvalue weighted by Crippen LogP contribution is 2.23. The van der Waals surface area contributed by atoms with E-state index in [4.69, 9.17) is 6.85 Å². The van der Waals surface area contributed by atoms with Gasteiger partial charge in [-0.15, -0.1) is 0 Å². The van der Waals surface area contributed by atoms with E-state index in [-0.39, 0.29) is 17.4 Å². The maximum absolute atomic E-state index is 12.7. The highest BCUT2D eigenvalue weighted by atomic mass is 16.3. The number of rotatable bonds is 5. The van der Waals surface area contributed by atoms with Gasteiger partial charge >= 0.3 is 0 Å². The van der Waals surface area contributed by atoms with Crippen LogP contribution in [0, 0.1) is 0 Å². The van der Waals surface area contributed by atoms with Gasteiger partial charge in [-0.1, -0.05) is 18.1 Å². The molecule has 1 amide bonds. The van der Waals surface area contributed by atoms with Gasteiger partial charge in [-0.3, -0.25) is 4.79 Å². The number of aromatic amines is 1. The normalized spacial score (nSPS) is 18.4. The van der Waals surface area contributed by atoms with Crippen molar-refractivity contribution in [1.29, 1.82) is 0 Å². The molecule has 2 aromatic carbocycles. The number of amides is 1. The Morgan fingerprint density at radius 1 is 1.26 bits per heavy atom. The van der Waals surface area contributed by atoms with E-state index in [1.165, 1.54) is 5.56 Å². The summed E-state index contributed by atoms with van der Waals surface area (Å²) in [7, 11) is 0. The van der Waals surface area contributed by atoms with Gasteiger partial charge in [0.1, 0.15) is 5.75 Å². The second kappa shape index (κ2) is 7.84. The summed E-state index contributed by atoms with van der Waals surface area (Å²) >= 11 is 0. The molecular weight excluding hydrogens is 338 g/mol. The standard InChI is InChI=1S/C22H25N3O2/c26-19-6-7-20-17(15-23-21(20)14-19)8-11-25-12-9-18(10-13-25)24-22(27)16-4-2-1-3-5-16/h1-7,14-15,18,23,26H,8-13H2,(H,24,27)/i1D,2D,3D,4D,5D. The summed E-state index contributed by atoms with van der Waals surface area (Å²) in [5.74, 6) is -0.388. The minimum absolute atomic E-state index is 0.104. The number of fused-ring (bicyclic) bond motifs is 1. The van der Waals surface area contributed by atoms with Crippen molar-refractivity contribution in [3.63, 3.8) is 0 Å². The number of hydrogen-bond acceptors (Lipinski definition) is 3. The molecule has 0 bridgehead atoms. The van der Waals surface area contributed by atoms with E-state index in [0.717, 1.165) is 49.8 Å². The van der Waals surface area contributed by atoms with Gasteiger partial charge in [-0.05, 0) is 49.0 Å². The molecule has 1 fully saturated rings. The number of piperidine rings is 1. The van der Waals surface area contributed by atoms with Crippen LogP contribution in [-0.4, -0.2) is 46.6 Å². The molecule has 5 heteroatoms. The van der Waals surface area contributed by atoms with Crippen LogP contribution >= 0.6 is 0 Å². The SMILES string of the molecule is [2H]c1c([2H])c([2H])c(C(=O)NC2CCN(CCc3c[nH]c4cc(O)ccc34)CC2)c([2H])c1[2H]. The lowest BCUT2D eigenvalue weighted by molar-refractivity contribution is 0.0911. The van der Waals surface area contributed by atoms with Crippen LogP contribution in [0.2, 0.25) is 0 Å². The molecule has 1 aromatic heterocycles. The molecule has 1 saturated heterocycles. The quantitative estimate of drug-likeness (QED) is 0.647. The topological polar surface area (TPSA) is 68.4 Å². The predicted molar refractivity (Wildman–Crippen MR) is 107 cm³/mol. The molecule has 0 aliphatic carbocycles. The zero-order chi connectivity index (χ0) is 23.0. The molecule has 0 radical (unpaired) electrons. The third-order valence-electron chi connectivity index (χ3n) is 5.10. The summed E-state index contributed by atoms with van der Waals surface area (Å²) in [5.41, 5.74) is 1.80. The summed E-state index contributed by atoms with van der Waals surface area (Å²) < 4.78 is 39.0. The van der Waals surface area contributed by atoms with Gasteiger partial charge in [-0.25, -0.2) is 0 Å². The highest BCUT2D eigenvalue weighted by Gasteiger charge is 2.21. The Bertz CT molecular complexity index is 1140. The van der Waals surface area contributed by atoms with E-state index in [1.54, 1.807) is 12.1 Å². The van der Waals surface area contributed by atoms with Gasteiger partial charge in [0.2, 0.25) is 0 Å². The zero-order valence-corrected chi connectivity index (χ0v) is 14.9. The monoisotopic (exact) mass is 368 g/mol. The maximum Gasteiger partial charge on any atom is 0.251 e. The molecule has 0 atom stereocenters. The summed E-state index contributed by atoms with van der Waals surface area (Å²) in [6, 6.07) is 2.75. The molecule has 5 nitrogen and oxygen atoms in total. The maximum atomic E-state index is 12.7. The number of benzene rings is 2. The Kier molecular flexibility index (Phi) is 3.65. The van der Waals surface area contributed by atoms with Crippen LogP contribution in [0.5, 0.6) is 5.75 Å². The Morgan fingerprint density at radius 2 is 2.04 bits per heavy atom. The molecule has 1 aliphatic rings. The van der Waals surface area contributed by atoms with Crippen LogP contribution in [0.25, 0.3) is 10.9 Å². The highest BCUT2D eigenvalue weighted by molar-refractivity contribution is 5.94. The van der Waals surface area contributed by atoms with Crippen LogP contribution in [0.3, 0.4) is 0 Å². The van der Waals surface area contributed by atoms with Gasteiger partial charge in [-0.2, -0.15) is 0 Å². The average molecular weight is 368 g/mol. The smallest absolute Gasteiger partial charge is 0.251 e. The summed E-state index contributed by atoms with van der Waals surface area (Å²) in [5, 5.41) is 13.5. The fourth-order valence-electron chi connectivity index (χ4n) is 3.58. The number of carbonyl (C=O) groups excluding carboxylic acids is 1. The number of nitrogens with one attached hydrogen (secondary N) is 2. The lowest BCUT2D eigenvalue weighted by Gasteiger charge is -2.32. The van der Waals surface area contributed by atoms with Gasteiger partial charge in [0.15, 0.2) is 0 Å². The van der Waals surface area contributed by atoms with Crippen molar-refractivity contribution in [3.05, 3.63) is 65.7 Å². The van der Waals surface area contributed by atoms with Crippen LogP contribution in [0.15, 0.2) is 54.6 Å². The molecule has 4 rings (SSSR count). The Balaban J connectivity index is 1.33. The van der Waals surface area contributed by atoms with Gasteiger partial charge < -0.3 is 20.3 Å². The predicted octanol–water partition coefficient (Wildman–Crippen LogP) is 3.31. The van der Waals surface area contributed by atoms with Gasteiger partial charge in [0.25, 0.3) is 5.91 Å². The number of aromatic hydroxyl groups is 1. The van der Waals surface area contributed by atoms with Crippen molar-refractivity contribution in [2.75, 3.05) is 19.6 Å². The van der Waals surface area contributed by atoms with Gasteiger partial charge in [0, 0.05) is 54.4 Å². The fourth-order valence-corrected chi connectivity index (χ4v) is 3.58. The number of hydrogen-bond donors (Lipinski definition) is 3. The summed E-state index contributed by atoms with van der Waals surface area (Å²) in [4.78, 5) is 18.2. The second-order valence-electron chi connectivity index (χ2n) is 6.88. The van der Waals surface area contributed by atoms with Crippen molar-refractivity contribution in [2.45, 2.75) is 25.3 Å². The molecule has 140 valence electrons. The lowest BCUT2D eigenvalue weighted by Crippen LogP contribution is -2.45. The van der Waals surface area contributed by atoms with E-state index in [1.807, 2.05) is 12.3 Å². The first-order valence-electron chi connectivity index (χ1n) is 11.7. The Morgan fingerprint density at radius 3 is 2.81 bits per heavy atom. The zero-order valence-electron chi connectivity index (χ0n) is 19.9. The average Bonchev–Trinajstić information content (AvgIpc) is 3.18. The lowest BCUT2D eigenvalue weighted by atomic mass is 10.0. The molecule has 0 unspecified atom stereocenters. The van der Waals surface area contributed by atoms with E-state index < -0.39 is 36.1 Å². The molecule has 3 aromatic rings. The fraction of sp³-hybridized carbons (Fsp3) is 0.318. The van der Waals surface area contributed by atoms with Crippen molar-refractivity contribution in [3.8, 4) is 5.75 Å². The van der Waals surface area contributed by atoms with Crippen LogP contribution < -0.4 is 5.32 Å². The first-order valence-corrected chi connectivity index (χ1v) is 9.15. The van der Waals surface area contributed by atoms with E-state index >= 15 is 0 Å². The van der Waals surface area contributed by atoms with Crippen molar-refractivity contribution in [1.82, 2.24) is 15.2 Å². The van der Waals surface area contributed by atoms with E-state index in [9.17, 15) is 9.90 Å². The van der Waals surface area contributed by atoms with Crippen molar-refractivity contribution >= 4 is 16.8 Å². The van der Waals surface area contributed by atoms with Gasteiger partial charge in [0.05, 0.1) is 6.85 Å². The number of H-pyrrole nitrogens is 1. The Labute approximate surface area is 166 Å². The minimum Gasteiger partial charge on any atom is -0.508 e. The second-order valence-corrected chi connectivity index (χ2v) is 6.88. The minimum atomic E-state index is -0.623. The van der Waals surface area contributed by atoms with Crippen LogP contribution in [0.1, 0.15) is 35.6 Å². The molecule has 27 heavy (non-hydrogen) atoms. The van der Waals surface area contributed by atoms with E-state index in [2.05, 4.69) is 15.2 Å². The Hall–Kier alpha value is -2.79. The molecule has 3 N–H and O–H groups in total. The third kappa shape index (κ3) is 4.14. The number of nitrogens with zero attached hydrogens (tertiary/aromatic N) is 1. The molecule has 1 aliphatic heterocycles. The summed E-state index contributed by atoms with van der Waals surface area (Å²) in [6.07, 6.45) is 4.29. The number of phenols is 1. The van der Waals surface area contributed by atoms with Crippen molar-refractivity contribution in [2.24, 2.45) is 0 Å². The molecule has 0 saturated carbocycles. The first kappa shape index (κ1) is 12.6. The van der Waals surface area contributed by atoms with E-state index in [0.29, 0.717) is 0 Å². The number of aromatic nitrogens is 1. The molecular formula is C22H25N3O2. The molecule has 2 heterocycles. The largest absolute Gasteiger partial charge is 0.508 e. The number of carbonyl (C=O) groups is 1. The summed E-state index contributed by atoms with van der Waals surface area (Å²) in [6.45, 7) is 2.47. The number of phenolic OH excluding ortho intramolecular Hbond substituents is 1. The van der Waals surface area contributed by atoms with Crippen LogP contribution in [0.4, 0.5) is 0 Å². The third-order valence-corrected chi connectivity index (χ3v) is 5.10.